The molecule has 0 unspecified atom stereocenters. The minimum Gasteiger partial charge on any atom is -0.491 e. The Hall–Kier alpha value is -4.59. The number of hydrogen-bond acceptors (Lipinski definition) is 5. The van der Waals surface area contributed by atoms with Gasteiger partial charge in [-0.1, -0.05) is 36.9 Å². The second-order valence-corrected chi connectivity index (χ2v) is 10.0. The lowest BCUT2D eigenvalue weighted by atomic mass is 10.0. The summed E-state index contributed by atoms with van der Waals surface area (Å²) in [6.07, 6.45) is 4.53. The molecule has 0 fully saturated rings. The van der Waals surface area contributed by atoms with Crippen LogP contribution in [-0.2, 0) is 11.2 Å². The average Bonchev–Trinajstić information content (AvgIpc) is 3.34. The molecule has 39 heavy (non-hydrogen) atoms. The molecule has 1 atom stereocenters. The summed E-state index contributed by atoms with van der Waals surface area (Å²) in [6, 6.07) is 17.1. The van der Waals surface area contributed by atoms with Gasteiger partial charge in [-0.05, 0) is 75.1 Å². The maximum absolute atomic E-state index is 13.1. The Morgan fingerprint density at radius 1 is 1.08 bits per heavy atom. The average molecular weight is 526 g/mol. The second kappa shape index (κ2) is 11.9. The molecule has 0 bridgehead atoms. The molecule has 2 aromatic heterocycles. The van der Waals surface area contributed by atoms with E-state index in [9.17, 15) is 9.59 Å². The van der Waals surface area contributed by atoms with E-state index in [1.807, 2.05) is 80.9 Å². The molecule has 202 valence electrons. The van der Waals surface area contributed by atoms with Gasteiger partial charge in [0.1, 0.15) is 11.4 Å². The number of nitrogens with zero attached hydrogens (tertiary/aromatic N) is 2. The number of imidazole rings is 1. The predicted molar refractivity (Wildman–Crippen MR) is 154 cm³/mol. The number of benzene rings is 2. The van der Waals surface area contributed by atoms with Crippen LogP contribution in [0.2, 0.25) is 0 Å². The van der Waals surface area contributed by atoms with Gasteiger partial charge in [0.25, 0.3) is 11.8 Å². The van der Waals surface area contributed by atoms with Crippen LogP contribution in [0.1, 0.15) is 40.9 Å². The second-order valence-electron chi connectivity index (χ2n) is 10.0. The lowest BCUT2D eigenvalue weighted by Gasteiger charge is -2.20. The Labute approximate surface area is 228 Å². The summed E-state index contributed by atoms with van der Waals surface area (Å²) in [7, 11) is 0. The molecule has 0 saturated heterocycles. The summed E-state index contributed by atoms with van der Waals surface area (Å²) in [4.78, 5) is 30.0. The molecule has 0 aliphatic heterocycles. The third-order valence-corrected chi connectivity index (χ3v) is 6.35. The first-order valence-electron chi connectivity index (χ1n) is 12.9. The van der Waals surface area contributed by atoms with E-state index >= 15 is 0 Å². The van der Waals surface area contributed by atoms with Crippen molar-refractivity contribution in [3.8, 4) is 17.0 Å². The van der Waals surface area contributed by atoms with Crippen molar-refractivity contribution in [2.45, 2.75) is 46.3 Å². The molecule has 0 spiro atoms. The van der Waals surface area contributed by atoms with E-state index in [-0.39, 0.29) is 30.3 Å². The van der Waals surface area contributed by atoms with Crippen molar-refractivity contribution >= 4 is 17.5 Å². The standard InChI is InChI=1S/C31H35N5O3/c1-19(2)39-28-13-12-25(15-21(28)4)31(38)34-26(17-33-30(37)22(5)32)16-23-8-10-24(11-9-23)27-18-36-14-6-7-20(3)29(36)35-27/h6-15,18-19,26H,5,16-17,32H2,1-4H3,(H,33,37)(H,34,38)/t26-/m0/s1. The van der Waals surface area contributed by atoms with Crippen molar-refractivity contribution in [1.29, 1.82) is 0 Å². The van der Waals surface area contributed by atoms with Gasteiger partial charge in [-0.3, -0.25) is 9.59 Å². The van der Waals surface area contributed by atoms with Crippen LogP contribution in [-0.4, -0.2) is 39.9 Å². The summed E-state index contributed by atoms with van der Waals surface area (Å²) < 4.78 is 7.80. The first kappa shape index (κ1) is 27.4. The van der Waals surface area contributed by atoms with Gasteiger partial charge in [0, 0.05) is 30.1 Å². The zero-order valence-electron chi connectivity index (χ0n) is 22.8. The molecule has 0 saturated carbocycles. The van der Waals surface area contributed by atoms with Crippen molar-refractivity contribution in [3.63, 3.8) is 0 Å². The molecule has 0 aliphatic rings. The Balaban J connectivity index is 1.50. The van der Waals surface area contributed by atoms with E-state index in [0.29, 0.717) is 12.0 Å². The van der Waals surface area contributed by atoms with E-state index < -0.39 is 5.91 Å². The van der Waals surface area contributed by atoms with Gasteiger partial charge >= 0.3 is 0 Å². The molecule has 2 amide bonds. The van der Waals surface area contributed by atoms with Gasteiger partial charge in [-0.25, -0.2) is 4.98 Å². The number of nitrogens with two attached hydrogens (primary N) is 1. The Kier molecular flexibility index (Phi) is 8.34. The summed E-state index contributed by atoms with van der Waals surface area (Å²) in [6.45, 7) is 11.5. The van der Waals surface area contributed by atoms with Crippen molar-refractivity contribution in [2.24, 2.45) is 5.73 Å². The molecule has 2 heterocycles. The highest BCUT2D eigenvalue weighted by atomic mass is 16.5. The fourth-order valence-electron chi connectivity index (χ4n) is 4.34. The predicted octanol–water partition coefficient (Wildman–Crippen LogP) is 4.34. The van der Waals surface area contributed by atoms with E-state index in [0.717, 1.165) is 39.3 Å². The molecule has 2 aromatic carbocycles. The summed E-state index contributed by atoms with van der Waals surface area (Å²) in [5.41, 5.74) is 11.8. The third-order valence-electron chi connectivity index (χ3n) is 6.35. The highest BCUT2D eigenvalue weighted by Crippen LogP contribution is 2.22. The zero-order valence-corrected chi connectivity index (χ0v) is 22.8. The molecule has 0 radical (unpaired) electrons. The summed E-state index contributed by atoms with van der Waals surface area (Å²) in [5.74, 6) is 0.0437. The molecular weight excluding hydrogens is 490 g/mol. The van der Waals surface area contributed by atoms with E-state index in [1.54, 1.807) is 18.2 Å². The molecule has 4 aromatic rings. The number of fused-ring (bicyclic) bond motifs is 1. The van der Waals surface area contributed by atoms with Gasteiger partial charge in [0.15, 0.2) is 0 Å². The number of ether oxygens (including phenoxy) is 1. The number of aryl methyl sites for hydroxylation is 2. The highest BCUT2D eigenvalue weighted by Gasteiger charge is 2.18. The molecule has 0 aliphatic carbocycles. The number of carbonyl (C=O) groups excluding carboxylic acids is 2. The fraction of sp³-hybridized carbons (Fsp3) is 0.258. The quantitative estimate of drug-likeness (QED) is 0.267. The molecule has 8 heteroatoms. The first-order chi connectivity index (χ1) is 18.6. The number of hydrogen-bond donors (Lipinski definition) is 3. The van der Waals surface area contributed by atoms with E-state index in [2.05, 4.69) is 17.2 Å². The van der Waals surface area contributed by atoms with Gasteiger partial charge in [-0.15, -0.1) is 0 Å². The zero-order chi connectivity index (χ0) is 28.1. The largest absolute Gasteiger partial charge is 0.491 e. The van der Waals surface area contributed by atoms with Gasteiger partial charge in [0.05, 0.1) is 23.5 Å². The number of pyridine rings is 1. The molecular formula is C31H35N5O3. The van der Waals surface area contributed by atoms with E-state index in [1.165, 1.54) is 0 Å². The smallest absolute Gasteiger partial charge is 0.266 e. The number of amides is 2. The van der Waals surface area contributed by atoms with Crippen LogP contribution in [0.3, 0.4) is 0 Å². The van der Waals surface area contributed by atoms with Crippen molar-refractivity contribution < 1.29 is 14.3 Å². The SMILES string of the molecule is C=C(N)C(=O)NC[C@H](Cc1ccc(-c2cn3cccc(C)c3n2)cc1)NC(=O)c1ccc(OC(C)C)c(C)c1. The normalized spacial score (nSPS) is 11.8. The number of rotatable bonds is 10. The fourth-order valence-corrected chi connectivity index (χ4v) is 4.34. The monoisotopic (exact) mass is 525 g/mol. The Morgan fingerprint density at radius 3 is 2.46 bits per heavy atom. The minimum absolute atomic E-state index is 0.0388. The van der Waals surface area contributed by atoms with Crippen molar-refractivity contribution in [3.05, 3.63) is 102 Å². The Morgan fingerprint density at radius 2 is 1.82 bits per heavy atom. The van der Waals surface area contributed by atoms with Gasteiger partial charge < -0.3 is 25.5 Å². The lowest BCUT2D eigenvalue weighted by molar-refractivity contribution is -0.117. The van der Waals surface area contributed by atoms with Crippen LogP contribution in [0.25, 0.3) is 16.9 Å². The molecule has 4 N–H and O–H groups in total. The highest BCUT2D eigenvalue weighted by molar-refractivity contribution is 5.95. The number of nitrogens with one attached hydrogen (secondary N) is 2. The molecule has 4 rings (SSSR count). The number of carbonyl (C=O) groups is 2. The maximum atomic E-state index is 13.1. The third kappa shape index (κ3) is 6.84. The topological polar surface area (TPSA) is 111 Å². The lowest BCUT2D eigenvalue weighted by Crippen LogP contribution is -2.45. The molecule has 8 nitrogen and oxygen atoms in total. The van der Waals surface area contributed by atoms with Gasteiger partial charge in [0.2, 0.25) is 0 Å². The van der Waals surface area contributed by atoms with Gasteiger partial charge in [-0.2, -0.15) is 0 Å². The summed E-state index contributed by atoms with van der Waals surface area (Å²) in [5, 5.41) is 5.80. The number of aromatic nitrogens is 2. The van der Waals surface area contributed by atoms with Crippen LogP contribution in [0.5, 0.6) is 5.75 Å². The van der Waals surface area contributed by atoms with Crippen LogP contribution in [0.15, 0.2) is 79.3 Å². The Bertz CT molecular complexity index is 1500. The van der Waals surface area contributed by atoms with Crippen LogP contribution < -0.4 is 21.1 Å². The van der Waals surface area contributed by atoms with Crippen LogP contribution >= 0.6 is 0 Å². The van der Waals surface area contributed by atoms with Crippen LogP contribution in [0, 0.1) is 13.8 Å². The van der Waals surface area contributed by atoms with E-state index in [4.69, 9.17) is 15.5 Å². The van der Waals surface area contributed by atoms with Crippen molar-refractivity contribution in [1.82, 2.24) is 20.0 Å². The maximum Gasteiger partial charge on any atom is 0.266 e. The van der Waals surface area contributed by atoms with Crippen LogP contribution in [0.4, 0.5) is 0 Å². The summed E-state index contributed by atoms with van der Waals surface area (Å²) >= 11 is 0. The van der Waals surface area contributed by atoms with Crippen molar-refractivity contribution in [2.75, 3.05) is 6.54 Å². The minimum atomic E-state index is -0.460. The first-order valence-corrected chi connectivity index (χ1v) is 12.9.